The molecule has 0 aliphatic carbocycles. The number of anilines is 2. The Labute approximate surface area is 123 Å². The molecule has 2 aromatic carbocycles. The highest BCUT2D eigenvalue weighted by atomic mass is 32.1. The van der Waals surface area contributed by atoms with Gasteiger partial charge in [0.2, 0.25) is 5.96 Å². The lowest BCUT2D eigenvalue weighted by Crippen LogP contribution is -2.33. The summed E-state index contributed by atoms with van der Waals surface area (Å²) < 4.78 is 0.203. The number of rotatable bonds is 2. The van der Waals surface area contributed by atoms with E-state index in [1.165, 1.54) is 0 Å². The van der Waals surface area contributed by atoms with Crippen molar-refractivity contribution in [3.8, 4) is 0 Å². The number of thiol groups is 1. The average molecular weight is 287 g/mol. The van der Waals surface area contributed by atoms with Gasteiger partial charge >= 0.3 is 0 Å². The first-order valence-corrected chi connectivity index (χ1v) is 6.51. The second-order valence-electron chi connectivity index (χ2n) is 3.76. The van der Waals surface area contributed by atoms with Crippen LogP contribution in [0.5, 0.6) is 0 Å². The molecule has 0 saturated heterocycles. The van der Waals surface area contributed by atoms with E-state index in [0.29, 0.717) is 0 Å². The number of hydrogen-bond donors (Lipinski definition) is 2. The van der Waals surface area contributed by atoms with Crippen LogP contribution in [0.4, 0.5) is 11.4 Å². The molecule has 5 heteroatoms. The highest BCUT2D eigenvalue weighted by Gasteiger charge is 2.12. The van der Waals surface area contributed by atoms with Crippen LogP contribution in [-0.2, 0) is 0 Å². The maximum atomic E-state index is 6.02. The molecule has 2 N–H and O–H groups in total. The molecule has 0 aromatic heterocycles. The molecule has 2 rings (SSSR count). The standard InChI is InChI=1S/C14H13N3S2/c15-13(16-14(18)19)17(11-7-3-1-4-8-11)12-9-5-2-6-10-12/h1-10H,(H3,15,16,18,19). The van der Waals surface area contributed by atoms with E-state index in [2.05, 4.69) is 17.6 Å². The largest absolute Gasteiger partial charge is 0.369 e. The summed E-state index contributed by atoms with van der Waals surface area (Å²) in [5.74, 6) is 0.289. The van der Waals surface area contributed by atoms with Crippen molar-refractivity contribution in [1.82, 2.24) is 0 Å². The monoisotopic (exact) mass is 287 g/mol. The van der Waals surface area contributed by atoms with Crippen LogP contribution in [-0.4, -0.2) is 10.3 Å². The predicted octanol–water partition coefficient (Wildman–Crippen LogP) is 3.35. The lowest BCUT2D eigenvalue weighted by molar-refractivity contribution is 1.30. The summed E-state index contributed by atoms with van der Waals surface area (Å²) in [5, 5.41) is 0. The second-order valence-corrected chi connectivity index (χ2v) is 4.87. The van der Waals surface area contributed by atoms with E-state index in [4.69, 9.17) is 18.0 Å². The second kappa shape index (κ2) is 6.36. The molecule has 0 heterocycles. The molecule has 3 nitrogen and oxygen atoms in total. The van der Waals surface area contributed by atoms with E-state index in [9.17, 15) is 0 Å². The fraction of sp³-hybridized carbons (Fsp3) is 0. The Morgan fingerprint density at radius 2 is 1.37 bits per heavy atom. The third-order valence-electron chi connectivity index (χ3n) is 2.47. The number of para-hydroxylation sites is 2. The number of nitrogens with zero attached hydrogens (tertiary/aromatic N) is 2. The van der Waals surface area contributed by atoms with Gasteiger partial charge in [-0.2, -0.15) is 4.99 Å². The Balaban J connectivity index is 2.49. The minimum absolute atomic E-state index is 0.203. The van der Waals surface area contributed by atoms with Crippen LogP contribution in [0.25, 0.3) is 0 Å². The topological polar surface area (TPSA) is 41.6 Å². The molecule has 0 radical (unpaired) electrons. The van der Waals surface area contributed by atoms with Gasteiger partial charge in [0.1, 0.15) is 0 Å². The van der Waals surface area contributed by atoms with Crippen LogP contribution in [0, 0.1) is 0 Å². The molecule has 0 atom stereocenters. The van der Waals surface area contributed by atoms with Crippen LogP contribution >= 0.6 is 24.8 Å². The van der Waals surface area contributed by atoms with E-state index in [1.807, 2.05) is 65.6 Å². The van der Waals surface area contributed by atoms with Gasteiger partial charge in [-0.05, 0) is 24.3 Å². The zero-order chi connectivity index (χ0) is 13.7. The molecular formula is C14H13N3S2. The smallest absolute Gasteiger partial charge is 0.207 e. The lowest BCUT2D eigenvalue weighted by Gasteiger charge is -2.23. The van der Waals surface area contributed by atoms with Gasteiger partial charge in [-0.25, -0.2) is 0 Å². The Kier molecular flexibility index (Phi) is 4.54. The minimum atomic E-state index is 0.203. The third kappa shape index (κ3) is 3.56. The minimum Gasteiger partial charge on any atom is -0.369 e. The predicted molar refractivity (Wildman–Crippen MR) is 88.2 cm³/mol. The van der Waals surface area contributed by atoms with Crippen molar-refractivity contribution in [2.45, 2.75) is 0 Å². The molecule has 0 amide bonds. The summed E-state index contributed by atoms with van der Waals surface area (Å²) in [6.45, 7) is 0. The molecule has 0 spiro atoms. The van der Waals surface area contributed by atoms with Gasteiger partial charge < -0.3 is 5.73 Å². The first-order chi connectivity index (χ1) is 9.18. The molecule has 0 saturated carbocycles. The first-order valence-electron chi connectivity index (χ1n) is 5.66. The van der Waals surface area contributed by atoms with Crippen molar-refractivity contribution in [3.05, 3.63) is 60.7 Å². The molecule has 96 valence electrons. The first kappa shape index (κ1) is 13.6. The maximum absolute atomic E-state index is 6.02. The zero-order valence-electron chi connectivity index (χ0n) is 10.1. The fourth-order valence-electron chi connectivity index (χ4n) is 1.72. The summed E-state index contributed by atoms with van der Waals surface area (Å²) >= 11 is 8.86. The number of benzene rings is 2. The van der Waals surface area contributed by atoms with E-state index in [0.717, 1.165) is 11.4 Å². The average Bonchev–Trinajstić information content (AvgIpc) is 2.40. The number of aliphatic imine (C=N–C) groups is 1. The normalized spacial score (nSPS) is 11.1. The Bertz CT molecular complexity index is 543. The van der Waals surface area contributed by atoms with Gasteiger partial charge in [0.15, 0.2) is 4.32 Å². The number of guanidine groups is 1. The molecule has 0 bridgehead atoms. The van der Waals surface area contributed by atoms with Gasteiger partial charge in [0.25, 0.3) is 0 Å². The van der Waals surface area contributed by atoms with Crippen molar-refractivity contribution in [2.75, 3.05) is 4.90 Å². The molecule has 0 unspecified atom stereocenters. The van der Waals surface area contributed by atoms with Gasteiger partial charge in [-0.1, -0.05) is 48.6 Å². The molecule has 2 aromatic rings. The summed E-state index contributed by atoms with van der Waals surface area (Å²) in [5.41, 5.74) is 7.85. The maximum Gasteiger partial charge on any atom is 0.207 e. The van der Waals surface area contributed by atoms with Crippen LogP contribution in [0.3, 0.4) is 0 Å². The zero-order valence-corrected chi connectivity index (χ0v) is 11.8. The Morgan fingerprint density at radius 1 is 0.947 bits per heavy atom. The van der Waals surface area contributed by atoms with Gasteiger partial charge in [-0.15, -0.1) is 12.6 Å². The molecule has 19 heavy (non-hydrogen) atoms. The van der Waals surface area contributed by atoms with Gasteiger partial charge in [-0.3, -0.25) is 4.90 Å². The van der Waals surface area contributed by atoms with Crippen molar-refractivity contribution in [3.63, 3.8) is 0 Å². The molecule has 0 fully saturated rings. The van der Waals surface area contributed by atoms with E-state index < -0.39 is 0 Å². The molecular weight excluding hydrogens is 274 g/mol. The van der Waals surface area contributed by atoms with Crippen LogP contribution < -0.4 is 10.6 Å². The van der Waals surface area contributed by atoms with Crippen molar-refractivity contribution >= 4 is 46.5 Å². The van der Waals surface area contributed by atoms with Crippen LogP contribution in [0.15, 0.2) is 65.7 Å². The SMILES string of the molecule is NC(=NC(=S)S)N(c1ccccc1)c1ccccc1. The summed E-state index contributed by atoms with van der Waals surface area (Å²) in [4.78, 5) is 5.87. The van der Waals surface area contributed by atoms with Crippen molar-refractivity contribution < 1.29 is 0 Å². The Morgan fingerprint density at radius 3 is 1.74 bits per heavy atom. The Hall–Kier alpha value is -1.85. The summed E-state index contributed by atoms with van der Waals surface area (Å²) in [6.07, 6.45) is 0. The summed E-state index contributed by atoms with van der Waals surface area (Å²) in [6, 6.07) is 19.5. The van der Waals surface area contributed by atoms with Gasteiger partial charge in [0.05, 0.1) is 0 Å². The number of thiocarbonyl (C=S) groups is 1. The lowest BCUT2D eigenvalue weighted by atomic mass is 10.2. The van der Waals surface area contributed by atoms with Crippen molar-refractivity contribution in [1.29, 1.82) is 0 Å². The number of nitrogens with two attached hydrogens (primary N) is 1. The van der Waals surface area contributed by atoms with E-state index >= 15 is 0 Å². The van der Waals surface area contributed by atoms with E-state index in [-0.39, 0.29) is 10.3 Å². The molecule has 0 aliphatic rings. The fourth-order valence-corrected chi connectivity index (χ4v) is 1.91. The van der Waals surface area contributed by atoms with Crippen molar-refractivity contribution in [2.24, 2.45) is 10.7 Å². The van der Waals surface area contributed by atoms with E-state index in [1.54, 1.807) is 0 Å². The van der Waals surface area contributed by atoms with Crippen LogP contribution in [0.2, 0.25) is 0 Å². The highest BCUT2D eigenvalue weighted by molar-refractivity contribution is 8.11. The molecule has 0 aliphatic heterocycles. The van der Waals surface area contributed by atoms with Crippen LogP contribution in [0.1, 0.15) is 0 Å². The van der Waals surface area contributed by atoms with Gasteiger partial charge in [0, 0.05) is 11.4 Å². The third-order valence-corrected chi connectivity index (χ3v) is 2.66. The highest BCUT2D eigenvalue weighted by Crippen LogP contribution is 2.24. The summed E-state index contributed by atoms with van der Waals surface area (Å²) in [7, 11) is 0. The number of hydrogen-bond acceptors (Lipinski definition) is 1. The quantitative estimate of drug-likeness (QED) is 0.385.